The van der Waals surface area contributed by atoms with Crippen LogP contribution in [0.4, 0.5) is 23.4 Å². The Kier molecular flexibility index (Phi) is 4.83. The highest BCUT2D eigenvalue weighted by Crippen LogP contribution is 2.52. The minimum absolute atomic E-state index is 0.147. The van der Waals surface area contributed by atoms with Gasteiger partial charge in [-0.05, 0) is 44.6 Å². The molecule has 2 heterocycles. The molecule has 3 aliphatic rings. The van der Waals surface area contributed by atoms with Crippen LogP contribution in [0, 0.1) is 5.82 Å². The summed E-state index contributed by atoms with van der Waals surface area (Å²) < 4.78 is 56.4. The molecule has 0 aliphatic heterocycles. The molecule has 3 saturated carbocycles. The number of nitrogens with one attached hydrogen (secondary N) is 1. The summed E-state index contributed by atoms with van der Waals surface area (Å²) in [6.45, 7) is 0. The van der Waals surface area contributed by atoms with E-state index in [0.717, 1.165) is 6.07 Å². The Hall–Kier alpha value is -3.17. The maximum Gasteiger partial charge on any atom is 0.266 e. The molecular weight excluding hydrogens is 428 g/mol. The Morgan fingerprint density at radius 3 is 2.50 bits per heavy atom. The first-order chi connectivity index (χ1) is 15.3. The molecule has 6 nitrogen and oxygen atoms in total. The van der Waals surface area contributed by atoms with E-state index in [0.29, 0.717) is 49.4 Å². The Morgan fingerprint density at radius 2 is 1.81 bits per heavy atom. The third-order valence-corrected chi connectivity index (χ3v) is 6.78. The fourth-order valence-electron chi connectivity index (χ4n) is 4.84. The third kappa shape index (κ3) is 3.37. The summed E-state index contributed by atoms with van der Waals surface area (Å²) in [6.07, 6.45) is 2.77. The van der Waals surface area contributed by atoms with Gasteiger partial charge in [-0.3, -0.25) is 4.79 Å². The molecule has 0 spiro atoms. The van der Waals surface area contributed by atoms with Gasteiger partial charge in [0.15, 0.2) is 17.4 Å². The van der Waals surface area contributed by atoms with Crippen LogP contribution in [0.2, 0.25) is 0 Å². The second kappa shape index (κ2) is 7.46. The lowest BCUT2D eigenvalue weighted by Crippen LogP contribution is -2.52. The van der Waals surface area contributed by atoms with E-state index in [1.54, 1.807) is 10.8 Å². The van der Waals surface area contributed by atoms with Crippen molar-refractivity contribution in [3.05, 3.63) is 58.5 Å². The fourth-order valence-corrected chi connectivity index (χ4v) is 4.84. The molecule has 0 saturated heterocycles. The van der Waals surface area contributed by atoms with Crippen LogP contribution in [0.5, 0.6) is 5.75 Å². The highest BCUT2D eigenvalue weighted by atomic mass is 19.3. The molecule has 32 heavy (non-hydrogen) atoms. The number of anilines is 1. The van der Waals surface area contributed by atoms with Crippen molar-refractivity contribution in [2.24, 2.45) is 0 Å². The van der Waals surface area contributed by atoms with Gasteiger partial charge < -0.3 is 9.40 Å². The number of pyridine rings is 1. The molecule has 1 N–H and O–H groups in total. The Balaban J connectivity index is 1.50. The number of fused-ring (bicyclic) bond motifs is 4. The van der Waals surface area contributed by atoms with E-state index in [-0.39, 0.29) is 11.4 Å². The zero-order chi connectivity index (χ0) is 22.5. The summed E-state index contributed by atoms with van der Waals surface area (Å²) in [4.78, 5) is 26.3. The van der Waals surface area contributed by atoms with Gasteiger partial charge in [0.1, 0.15) is 12.0 Å². The van der Waals surface area contributed by atoms with Crippen LogP contribution >= 0.6 is 0 Å². The molecule has 1 aromatic carbocycles. The van der Waals surface area contributed by atoms with Crippen LogP contribution in [0.3, 0.4) is 0 Å². The SMILES string of the molecule is O=c1cc2ncnc(NOc3cccc(C(F)F)c3F)c2cn1C12CCC(F)(CC1)CC2. The van der Waals surface area contributed by atoms with E-state index in [1.165, 1.54) is 24.5 Å². The number of hydrogen-bond donors (Lipinski definition) is 1. The van der Waals surface area contributed by atoms with E-state index in [1.807, 2.05) is 0 Å². The summed E-state index contributed by atoms with van der Waals surface area (Å²) in [5.74, 6) is -1.45. The predicted molar refractivity (Wildman–Crippen MR) is 109 cm³/mol. The zero-order valence-corrected chi connectivity index (χ0v) is 17.0. The lowest BCUT2D eigenvalue weighted by molar-refractivity contribution is -0.0282. The molecule has 0 unspecified atom stereocenters. The molecule has 6 rings (SSSR count). The highest BCUT2D eigenvalue weighted by molar-refractivity contribution is 5.87. The average Bonchev–Trinajstić information content (AvgIpc) is 2.78. The van der Waals surface area contributed by atoms with Crippen LogP contribution in [0.1, 0.15) is 50.5 Å². The number of rotatable bonds is 5. The molecule has 0 amide bonds. The minimum atomic E-state index is -2.99. The van der Waals surface area contributed by atoms with Gasteiger partial charge in [-0.1, -0.05) is 12.1 Å². The van der Waals surface area contributed by atoms with Crippen molar-refractivity contribution < 1.29 is 22.4 Å². The average molecular weight is 448 g/mol. The molecule has 2 aromatic heterocycles. The topological polar surface area (TPSA) is 69.0 Å². The first-order valence-electron chi connectivity index (χ1n) is 10.4. The molecule has 3 aromatic rings. The van der Waals surface area contributed by atoms with Crippen molar-refractivity contribution in [2.75, 3.05) is 5.48 Å². The van der Waals surface area contributed by atoms with Gasteiger partial charge in [0.25, 0.3) is 12.0 Å². The summed E-state index contributed by atoms with van der Waals surface area (Å²) in [7, 11) is 0. The summed E-state index contributed by atoms with van der Waals surface area (Å²) in [6, 6.07) is 4.82. The number of benzene rings is 1. The quantitative estimate of drug-likeness (QED) is 0.437. The Labute approximate surface area is 180 Å². The first kappa shape index (κ1) is 20.7. The zero-order valence-electron chi connectivity index (χ0n) is 17.0. The van der Waals surface area contributed by atoms with E-state index in [4.69, 9.17) is 4.84 Å². The normalized spacial score (nSPS) is 24.8. The lowest BCUT2D eigenvalue weighted by atomic mass is 9.64. The van der Waals surface area contributed by atoms with Crippen LogP contribution in [0.25, 0.3) is 10.9 Å². The Bertz CT molecular complexity index is 1220. The molecule has 3 fully saturated rings. The van der Waals surface area contributed by atoms with E-state index >= 15 is 0 Å². The molecule has 10 heteroatoms. The second-order valence-corrected chi connectivity index (χ2v) is 8.54. The molecule has 2 bridgehead atoms. The maximum atomic E-state index is 14.6. The second-order valence-electron chi connectivity index (χ2n) is 8.54. The number of nitrogens with zero attached hydrogens (tertiary/aromatic N) is 3. The lowest BCUT2D eigenvalue weighted by Gasteiger charge is -2.50. The molecule has 3 aliphatic carbocycles. The van der Waals surface area contributed by atoms with Gasteiger partial charge in [0.2, 0.25) is 0 Å². The van der Waals surface area contributed by atoms with Crippen LogP contribution in [-0.2, 0) is 5.54 Å². The van der Waals surface area contributed by atoms with E-state index in [9.17, 15) is 22.4 Å². The number of alkyl halides is 3. The van der Waals surface area contributed by atoms with Crippen molar-refractivity contribution in [2.45, 2.75) is 56.2 Å². The number of halogens is 4. The standard InChI is InChI=1S/C22H20F4N4O2/c23-18-13(19(24)25)2-1-3-16(18)32-29-20-14-11-30(17(31)10-15(14)27-12-28-20)22-7-4-21(26,5-8-22)6-9-22/h1-3,10-12,19H,4-9H2,(H,27,28,29). The number of hydrogen-bond acceptors (Lipinski definition) is 5. The summed E-state index contributed by atoms with van der Waals surface area (Å²) in [5, 5.41) is 0.439. The smallest absolute Gasteiger partial charge is 0.266 e. The highest BCUT2D eigenvalue weighted by Gasteiger charge is 2.50. The van der Waals surface area contributed by atoms with Crippen molar-refractivity contribution >= 4 is 16.7 Å². The first-order valence-corrected chi connectivity index (χ1v) is 10.4. The predicted octanol–water partition coefficient (Wildman–Crippen LogP) is 5.05. The largest absolute Gasteiger partial charge is 0.378 e. The van der Waals surface area contributed by atoms with Gasteiger partial charge in [-0.25, -0.2) is 33.0 Å². The third-order valence-electron chi connectivity index (χ3n) is 6.78. The van der Waals surface area contributed by atoms with Crippen molar-refractivity contribution in [3.63, 3.8) is 0 Å². The van der Waals surface area contributed by atoms with Crippen LogP contribution in [-0.4, -0.2) is 20.2 Å². The monoisotopic (exact) mass is 448 g/mol. The van der Waals surface area contributed by atoms with E-state index < -0.39 is 34.8 Å². The fraction of sp³-hybridized carbons (Fsp3) is 0.409. The summed E-state index contributed by atoms with van der Waals surface area (Å²) >= 11 is 0. The van der Waals surface area contributed by atoms with Crippen molar-refractivity contribution in [1.82, 2.24) is 14.5 Å². The van der Waals surface area contributed by atoms with Crippen LogP contribution < -0.4 is 15.9 Å². The van der Waals surface area contributed by atoms with Gasteiger partial charge in [0, 0.05) is 17.8 Å². The molecule has 0 radical (unpaired) electrons. The summed E-state index contributed by atoms with van der Waals surface area (Å²) in [5.41, 5.74) is 0.218. The van der Waals surface area contributed by atoms with E-state index in [2.05, 4.69) is 15.4 Å². The van der Waals surface area contributed by atoms with Gasteiger partial charge in [-0.2, -0.15) is 0 Å². The van der Waals surface area contributed by atoms with Gasteiger partial charge >= 0.3 is 0 Å². The molecular formula is C22H20F4N4O2. The van der Waals surface area contributed by atoms with Gasteiger partial charge in [-0.15, -0.1) is 0 Å². The van der Waals surface area contributed by atoms with Crippen LogP contribution in [0.15, 0.2) is 41.6 Å². The minimum Gasteiger partial charge on any atom is -0.378 e. The van der Waals surface area contributed by atoms with Crippen molar-refractivity contribution in [1.29, 1.82) is 0 Å². The Morgan fingerprint density at radius 1 is 1.09 bits per heavy atom. The van der Waals surface area contributed by atoms with Crippen molar-refractivity contribution in [3.8, 4) is 5.75 Å². The molecule has 0 atom stereocenters. The molecule has 168 valence electrons. The van der Waals surface area contributed by atoms with Gasteiger partial charge in [0.05, 0.1) is 16.5 Å². The maximum absolute atomic E-state index is 14.6. The number of aromatic nitrogens is 3.